The predicted molar refractivity (Wildman–Crippen MR) is 97.7 cm³/mol. The number of aliphatic hydroxyl groups is 1. The summed E-state index contributed by atoms with van der Waals surface area (Å²) in [5, 5.41) is 13.8. The number of carbonyl (C=O) groups excluding carboxylic acids is 1. The molecule has 2 unspecified atom stereocenters. The van der Waals surface area contributed by atoms with Gasteiger partial charge in [0.2, 0.25) is 0 Å². The fraction of sp³-hybridized carbons (Fsp3) is 0.350. The van der Waals surface area contributed by atoms with Crippen LogP contribution in [0, 0.1) is 6.92 Å². The van der Waals surface area contributed by atoms with Gasteiger partial charge in [-0.3, -0.25) is 4.90 Å². The summed E-state index contributed by atoms with van der Waals surface area (Å²) >= 11 is 0. The monoisotopic (exact) mass is 340 g/mol. The Bertz CT molecular complexity index is 730. The van der Waals surface area contributed by atoms with Gasteiger partial charge < -0.3 is 15.2 Å². The number of rotatable bonds is 6. The van der Waals surface area contributed by atoms with Gasteiger partial charge in [0, 0.05) is 18.3 Å². The molecule has 1 fully saturated rings. The molecule has 0 aromatic heterocycles. The third kappa shape index (κ3) is 4.00. The lowest BCUT2D eigenvalue weighted by molar-refractivity contribution is 0.170. The molecule has 0 radical (unpaired) electrons. The number of ether oxygens (including phenoxy) is 1. The van der Waals surface area contributed by atoms with Gasteiger partial charge in [-0.2, -0.15) is 0 Å². The van der Waals surface area contributed by atoms with Crippen LogP contribution >= 0.6 is 0 Å². The molecule has 0 spiro atoms. The Hall–Kier alpha value is -2.37. The van der Waals surface area contributed by atoms with Crippen molar-refractivity contribution < 1.29 is 14.6 Å². The SMILES string of the molecule is Cc1ccccc1C(O)CNC(C)c1ccc(N2CCOC2=O)cc1. The Morgan fingerprint density at radius 3 is 2.56 bits per heavy atom. The fourth-order valence-electron chi connectivity index (χ4n) is 3.05. The lowest BCUT2D eigenvalue weighted by Crippen LogP contribution is -2.25. The molecule has 1 saturated heterocycles. The second kappa shape index (κ2) is 7.68. The molecule has 132 valence electrons. The molecule has 2 atom stereocenters. The zero-order valence-corrected chi connectivity index (χ0v) is 14.6. The number of nitrogens with zero attached hydrogens (tertiary/aromatic N) is 1. The first kappa shape index (κ1) is 17.5. The Morgan fingerprint density at radius 1 is 1.20 bits per heavy atom. The Morgan fingerprint density at radius 2 is 1.92 bits per heavy atom. The Labute approximate surface area is 148 Å². The molecule has 0 aliphatic carbocycles. The fourth-order valence-corrected chi connectivity index (χ4v) is 3.05. The number of benzene rings is 2. The number of anilines is 1. The van der Waals surface area contributed by atoms with Crippen molar-refractivity contribution >= 4 is 11.8 Å². The van der Waals surface area contributed by atoms with Crippen LogP contribution in [0.1, 0.15) is 35.8 Å². The smallest absolute Gasteiger partial charge is 0.414 e. The van der Waals surface area contributed by atoms with Crippen LogP contribution in [-0.4, -0.2) is 30.9 Å². The minimum absolute atomic E-state index is 0.0956. The third-order valence-electron chi connectivity index (χ3n) is 4.63. The summed E-state index contributed by atoms with van der Waals surface area (Å²) < 4.78 is 4.96. The van der Waals surface area contributed by atoms with Crippen molar-refractivity contribution in [1.82, 2.24) is 5.32 Å². The van der Waals surface area contributed by atoms with Gasteiger partial charge >= 0.3 is 6.09 Å². The number of carbonyl (C=O) groups is 1. The summed E-state index contributed by atoms with van der Waals surface area (Å²) in [4.78, 5) is 13.2. The first-order chi connectivity index (χ1) is 12.1. The van der Waals surface area contributed by atoms with E-state index >= 15 is 0 Å². The number of aryl methyl sites for hydroxylation is 1. The second-order valence-corrected chi connectivity index (χ2v) is 6.36. The average molecular weight is 340 g/mol. The summed E-state index contributed by atoms with van der Waals surface area (Å²) in [6.07, 6.45) is -0.831. The number of nitrogens with one attached hydrogen (secondary N) is 1. The van der Waals surface area contributed by atoms with Crippen molar-refractivity contribution in [3.05, 3.63) is 65.2 Å². The van der Waals surface area contributed by atoms with Crippen molar-refractivity contribution in [2.75, 3.05) is 24.6 Å². The third-order valence-corrected chi connectivity index (χ3v) is 4.63. The van der Waals surface area contributed by atoms with E-state index in [1.165, 1.54) is 0 Å². The van der Waals surface area contributed by atoms with E-state index < -0.39 is 6.10 Å². The van der Waals surface area contributed by atoms with Crippen LogP contribution in [0.4, 0.5) is 10.5 Å². The van der Waals surface area contributed by atoms with Crippen molar-refractivity contribution in [2.24, 2.45) is 0 Å². The zero-order valence-electron chi connectivity index (χ0n) is 14.6. The molecule has 1 heterocycles. The van der Waals surface area contributed by atoms with Gasteiger partial charge in [-0.05, 0) is 42.7 Å². The van der Waals surface area contributed by atoms with Crippen molar-refractivity contribution in [3.63, 3.8) is 0 Å². The molecule has 2 aromatic carbocycles. The topological polar surface area (TPSA) is 61.8 Å². The van der Waals surface area contributed by atoms with Crippen LogP contribution in [0.3, 0.4) is 0 Å². The second-order valence-electron chi connectivity index (χ2n) is 6.36. The lowest BCUT2D eigenvalue weighted by Gasteiger charge is -2.20. The molecule has 1 aliphatic heterocycles. The maximum Gasteiger partial charge on any atom is 0.414 e. The van der Waals surface area contributed by atoms with Gasteiger partial charge in [-0.15, -0.1) is 0 Å². The van der Waals surface area contributed by atoms with Gasteiger partial charge in [0.25, 0.3) is 0 Å². The summed E-state index contributed by atoms with van der Waals surface area (Å²) in [7, 11) is 0. The van der Waals surface area contributed by atoms with E-state index in [1.54, 1.807) is 4.90 Å². The van der Waals surface area contributed by atoms with E-state index in [1.807, 2.05) is 55.5 Å². The molecule has 25 heavy (non-hydrogen) atoms. The molecular formula is C20H24N2O3. The first-order valence-corrected chi connectivity index (χ1v) is 8.57. The molecule has 1 aliphatic rings. The van der Waals surface area contributed by atoms with Gasteiger partial charge in [-0.1, -0.05) is 36.4 Å². The van der Waals surface area contributed by atoms with Crippen molar-refractivity contribution in [2.45, 2.75) is 26.0 Å². The van der Waals surface area contributed by atoms with Gasteiger partial charge in [0.1, 0.15) is 6.61 Å². The van der Waals surface area contributed by atoms with Crippen LogP contribution in [0.25, 0.3) is 0 Å². The molecule has 3 rings (SSSR count). The molecule has 5 nitrogen and oxygen atoms in total. The molecule has 2 N–H and O–H groups in total. The van der Waals surface area contributed by atoms with E-state index in [0.717, 1.165) is 22.4 Å². The maximum absolute atomic E-state index is 11.6. The van der Waals surface area contributed by atoms with E-state index in [9.17, 15) is 9.90 Å². The van der Waals surface area contributed by atoms with Crippen LogP contribution < -0.4 is 10.2 Å². The van der Waals surface area contributed by atoms with Crippen LogP contribution in [-0.2, 0) is 4.74 Å². The molecule has 0 saturated carbocycles. The first-order valence-electron chi connectivity index (χ1n) is 8.57. The summed E-state index contributed by atoms with van der Waals surface area (Å²) in [5.41, 5.74) is 3.99. The minimum Gasteiger partial charge on any atom is -0.447 e. The number of cyclic esters (lactones) is 1. The number of hydrogen-bond acceptors (Lipinski definition) is 4. The van der Waals surface area contributed by atoms with Crippen LogP contribution in [0.15, 0.2) is 48.5 Å². The highest BCUT2D eigenvalue weighted by atomic mass is 16.6. The van der Waals surface area contributed by atoms with E-state index in [-0.39, 0.29) is 12.1 Å². The quantitative estimate of drug-likeness (QED) is 0.847. The summed E-state index contributed by atoms with van der Waals surface area (Å²) in [6, 6.07) is 15.8. The van der Waals surface area contributed by atoms with Gasteiger partial charge in [0.15, 0.2) is 0 Å². The minimum atomic E-state index is -0.540. The predicted octanol–water partition coefficient (Wildman–Crippen LogP) is 3.34. The van der Waals surface area contributed by atoms with Gasteiger partial charge in [-0.25, -0.2) is 4.79 Å². The zero-order chi connectivity index (χ0) is 17.8. The Kier molecular flexibility index (Phi) is 5.36. The van der Waals surface area contributed by atoms with E-state index in [4.69, 9.17) is 4.74 Å². The standard InChI is InChI=1S/C20H24N2O3/c1-14-5-3-4-6-18(14)19(23)13-21-15(2)16-7-9-17(10-8-16)22-11-12-25-20(22)24/h3-10,15,19,21,23H,11-13H2,1-2H3. The molecular weight excluding hydrogens is 316 g/mol. The number of hydrogen-bond donors (Lipinski definition) is 2. The lowest BCUT2D eigenvalue weighted by atomic mass is 10.0. The molecule has 0 bridgehead atoms. The number of amides is 1. The van der Waals surface area contributed by atoms with E-state index in [2.05, 4.69) is 12.2 Å². The highest BCUT2D eigenvalue weighted by Crippen LogP contribution is 2.23. The maximum atomic E-state index is 11.6. The molecule has 2 aromatic rings. The normalized spacial score (nSPS) is 16.6. The Balaban J connectivity index is 1.59. The molecule has 5 heteroatoms. The number of aliphatic hydroxyl groups excluding tert-OH is 1. The molecule has 1 amide bonds. The van der Waals surface area contributed by atoms with Crippen LogP contribution in [0.5, 0.6) is 0 Å². The van der Waals surface area contributed by atoms with Crippen LogP contribution in [0.2, 0.25) is 0 Å². The van der Waals surface area contributed by atoms with E-state index in [0.29, 0.717) is 19.7 Å². The van der Waals surface area contributed by atoms with Crippen molar-refractivity contribution in [3.8, 4) is 0 Å². The summed E-state index contributed by atoms with van der Waals surface area (Å²) in [5.74, 6) is 0. The highest BCUT2D eigenvalue weighted by Gasteiger charge is 2.23. The van der Waals surface area contributed by atoms with Crippen molar-refractivity contribution in [1.29, 1.82) is 0 Å². The average Bonchev–Trinajstić information content (AvgIpc) is 3.06. The highest BCUT2D eigenvalue weighted by molar-refractivity contribution is 5.89. The summed E-state index contributed by atoms with van der Waals surface area (Å²) in [6.45, 7) is 5.57. The van der Waals surface area contributed by atoms with Gasteiger partial charge in [0.05, 0.1) is 12.6 Å². The largest absolute Gasteiger partial charge is 0.447 e.